The molecule has 2 aromatic rings. The van der Waals surface area contributed by atoms with Crippen LogP contribution in [0.2, 0.25) is 0 Å². The Morgan fingerprint density at radius 3 is 2.65 bits per heavy atom. The second-order valence-electron chi connectivity index (χ2n) is 4.87. The largest absolute Gasteiger partial charge is 0.497 e. The quantitative estimate of drug-likeness (QED) is 0.681. The third-order valence-corrected chi connectivity index (χ3v) is 3.37. The van der Waals surface area contributed by atoms with Gasteiger partial charge in [-0.1, -0.05) is 24.3 Å². The van der Waals surface area contributed by atoms with E-state index >= 15 is 0 Å². The van der Waals surface area contributed by atoms with Gasteiger partial charge in [-0.05, 0) is 41.0 Å². The van der Waals surface area contributed by atoms with Crippen LogP contribution in [0.3, 0.4) is 0 Å². The third kappa shape index (κ3) is 3.95. The smallest absolute Gasteiger partial charge is 0.259 e. The average Bonchev–Trinajstić information content (AvgIpc) is 2.55. The molecule has 0 aliphatic carbocycles. The Labute approximate surface area is 133 Å². The van der Waals surface area contributed by atoms with Gasteiger partial charge in [-0.15, -0.1) is 0 Å². The number of benzene rings is 2. The molecular formula is C18H15FN2O2. The Bertz CT molecular complexity index is 807. The summed E-state index contributed by atoms with van der Waals surface area (Å²) in [6.45, 7) is 0. The Morgan fingerprint density at radius 2 is 2.04 bits per heavy atom. The number of hydrogen-bond acceptors (Lipinski definition) is 3. The summed E-state index contributed by atoms with van der Waals surface area (Å²) in [6, 6.07) is 13.3. The van der Waals surface area contributed by atoms with Crippen LogP contribution in [-0.4, -0.2) is 13.0 Å². The van der Waals surface area contributed by atoms with Crippen LogP contribution in [0.25, 0.3) is 6.08 Å². The lowest BCUT2D eigenvalue weighted by atomic mass is 9.97. The molecular weight excluding hydrogens is 295 g/mol. The van der Waals surface area contributed by atoms with Crippen LogP contribution >= 0.6 is 0 Å². The molecule has 0 fully saturated rings. The molecule has 116 valence electrons. The van der Waals surface area contributed by atoms with Crippen molar-refractivity contribution in [3.05, 3.63) is 70.5 Å². The number of rotatable bonds is 5. The molecule has 0 unspecified atom stereocenters. The van der Waals surface area contributed by atoms with Crippen molar-refractivity contribution in [3.63, 3.8) is 0 Å². The van der Waals surface area contributed by atoms with Crippen molar-refractivity contribution in [2.45, 2.75) is 6.42 Å². The lowest BCUT2D eigenvalue weighted by Crippen LogP contribution is -2.12. The number of primary amides is 1. The van der Waals surface area contributed by atoms with E-state index in [1.807, 2.05) is 0 Å². The third-order valence-electron chi connectivity index (χ3n) is 3.37. The van der Waals surface area contributed by atoms with E-state index in [-0.39, 0.29) is 11.4 Å². The predicted octanol–water partition coefficient (Wildman–Crippen LogP) is 2.82. The SMILES string of the molecule is COc1ccc(/C=C(\C#N)C(N)=O)c(Cc2ccccc2F)c1. The zero-order valence-electron chi connectivity index (χ0n) is 12.5. The topological polar surface area (TPSA) is 76.1 Å². The van der Waals surface area contributed by atoms with Crippen LogP contribution in [0.1, 0.15) is 16.7 Å². The summed E-state index contributed by atoms with van der Waals surface area (Å²) in [4.78, 5) is 11.2. The Balaban J connectivity index is 2.50. The van der Waals surface area contributed by atoms with E-state index in [4.69, 9.17) is 15.7 Å². The number of nitrogens with two attached hydrogens (primary N) is 1. The number of nitrogens with zero attached hydrogens (tertiary/aromatic N) is 1. The molecule has 2 rings (SSSR count). The Morgan fingerprint density at radius 1 is 1.30 bits per heavy atom. The molecule has 5 heteroatoms. The van der Waals surface area contributed by atoms with Crippen molar-refractivity contribution in [3.8, 4) is 11.8 Å². The van der Waals surface area contributed by atoms with Crippen molar-refractivity contribution < 1.29 is 13.9 Å². The summed E-state index contributed by atoms with van der Waals surface area (Å²) in [7, 11) is 1.53. The predicted molar refractivity (Wildman–Crippen MR) is 85.0 cm³/mol. The van der Waals surface area contributed by atoms with Gasteiger partial charge in [-0.2, -0.15) is 5.26 Å². The minimum Gasteiger partial charge on any atom is -0.497 e. The first kappa shape index (κ1) is 16.2. The highest BCUT2D eigenvalue weighted by Gasteiger charge is 2.10. The number of carbonyl (C=O) groups excluding carboxylic acids is 1. The van der Waals surface area contributed by atoms with Crippen LogP contribution < -0.4 is 10.5 Å². The molecule has 2 aromatic carbocycles. The second kappa shape index (κ2) is 7.23. The van der Waals surface area contributed by atoms with Crippen molar-refractivity contribution in [1.29, 1.82) is 5.26 Å². The number of ether oxygens (including phenoxy) is 1. The average molecular weight is 310 g/mol. The molecule has 0 radical (unpaired) electrons. The first-order valence-corrected chi connectivity index (χ1v) is 6.87. The lowest BCUT2D eigenvalue weighted by molar-refractivity contribution is -0.114. The summed E-state index contributed by atoms with van der Waals surface area (Å²) >= 11 is 0. The van der Waals surface area contributed by atoms with Crippen LogP contribution in [0.5, 0.6) is 5.75 Å². The van der Waals surface area contributed by atoms with E-state index in [0.717, 1.165) is 5.56 Å². The first-order chi connectivity index (χ1) is 11.0. The van der Waals surface area contributed by atoms with Crippen molar-refractivity contribution >= 4 is 12.0 Å². The highest BCUT2D eigenvalue weighted by atomic mass is 19.1. The summed E-state index contributed by atoms with van der Waals surface area (Å²) in [5.41, 5.74) is 6.85. The maximum atomic E-state index is 13.9. The van der Waals surface area contributed by atoms with Crippen molar-refractivity contribution in [2.75, 3.05) is 7.11 Å². The molecule has 2 N–H and O–H groups in total. The van der Waals surface area contributed by atoms with E-state index in [1.54, 1.807) is 42.5 Å². The normalized spacial score (nSPS) is 10.9. The van der Waals surface area contributed by atoms with Crippen LogP contribution in [0, 0.1) is 17.1 Å². The summed E-state index contributed by atoms with van der Waals surface area (Å²) < 4.78 is 19.1. The van der Waals surface area contributed by atoms with E-state index in [1.165, 1.54) is 19.3 Å². The maximum Gasteiger partial charge on any atom is 0.259 e. The summed E-state index contributed by atoms with van der Waals surface area (Å²) in [5, 5.41) is 8.98. The standard InChI is InChI=1S/C18H15FN2O2/c1-23-16-7-6-12(8-15(11-20)18(21)22)14(10-16)9-13-4-2-3-5-17(13)19/h2-8,10H,9H2,1H3,(H2,21,22)/b15-8+. The molecule has 0 bridgehead atoms. The molecule has 4 nitrogen and oxygen atoms in total. The first-order valence-electron chi connectivity index (χ1n) is 6.87. The van der Waals surface area contributed by atoms with Gasteiger partial charge in [0, 0.05) is 6.42 Å². The highest BCUT2D eigenvalue weighted by molar-refractivity contribution is 6.00. The number of halogens is 1. The molecule has 0 heterocycles. The van der Waals surface area contributed by atoms with E-state index in [9.17, 15) is 9.18 Å². The van der Waals surface area contributed by atoms with Crippen LogP contribution in [0.15, 0.2) is 48.0 Å². The molecule has 0 aromatic heterocycles. The highest BCUT2D eigenvalue weighted by Crippen LogP contribution is 2.23. The zero-order chi connectivity index (χ0) is 16.8. The van der Waals surface area contributed by atoms with Crippen LogP contribution in [-0.2, 0) is 11.2 Å². The maximum absolute atomic E-state index is 13.9. The summed E-state index contributed by atoms with van der Waals surface area (Å²) in [5.74, 6) is -0.521. The van der Waals surface area contributed by atoms with Gasteiger partial charge in [0.1, 0.15) is 23.2 Å². The summed E-state index contributed by atoms with van der Waals surface area (Å²) in [6.07, 6.45) is 1.70. The fraction of sp³-hybridized carbons (Fsp3) is 0.111. The fourth-order valence-electron chi connectivity index (χ4n) is 2.16. The molecule has 0 saturated heterocycles. The van der Waals surface area contributed by atoms with Crippen LogP contribution in [0.4, 0.5) is 4.39 Å². The van der Waals surface area contributed by atoms with Gasteiger partial charge in [0.05, 0.1) is 7.11 Å². The number of hydrogen-bond donors (Lipinski definition) is 1. The number of carbonyl (C=O) groups is 1. The van der Waals surface area contributed by atoms with Gasteiger partial charge >= 0.3 is 0 Å². The molecule has 0 aliphatic heterocycles. The van der Waals surface area contributed by atoms with Gasteiger partial charge in [0.2, 0.25) is 0 Å². The zero-order valence-corrected chi connectivity index (χ0v) is 12.5. The van der Waals surface area contributed by atoms with Gasteiger partial charge in [-0.25, -0.2) is 4.39 Å². The van der Waals surface area contributed by atoms with Gasteiger partial charge < -0.3 is 10.5 Å². The number of methoxy groups -OCH3 is 1. The second-order valence-corrected chi connectivity index (χ2v) is 4.87. The van der Waals surface area contributed by atoms with E-state index < -0.39 is 5.91 Å². The Hall–Kier alpha value is -3.13. The monoisotopic (exact) mass is 310 g/mol. The molecule has 0 saturated carbocycles. The number of nitriles is 1. The number of amides is 1. The fourth-order valence-corrected chi connectivity index (χ4v) is 2.16. The van der Waals surface area contributed by atoms with E-state index in [0.29, 0.717) is 23.3 Å². The van der Waals surface area contributed by atoms with Crippen molar-refractivity contribution in [1.82, 2.24) is 0 Å². The molecule has 0 aliphatic rings. The van der Waals surface area contributed by atoms with E-state index in [2.05, 4.69) is 0 Å². The molecule has 23 heavy (non-hydrogen) atoms. The minimum absolute atomic E-state index is 0.162. The van der Waals surface area contributed by atoms with Gasteiger partial charge in [0.15, 0.2) is 0 Å². The van der Waals surface area contributed by atoms with Gasteiger partial charge in [0.25, 0.3) is 5.91 Å². The van der Waals surface area contributed by atoms with Crippen molar-refractivity contribution in [2.24, 2.45) is 5.73 Å². The van der Waals surface area contributed by atoms with Gasteiger partial charge in [-0.3, -0.25) is 4.79 Å². The lowest BCUT2D eigenvalue weighted by Gasteiger charge is -2.10. The minimum atomic E-state index is -0.805. The molecule has 0 spiro atoms. The molecule has 0 atom stereocenters. The molecule has 1 amide bonds. The Kier molecular flexibility index (Phi) is 5.11.